The minimum atomic E-state index is 0.0456. The van der Waals surface area contributed by atoms with E-state index in [0.29, 0.717) is 17.5 Å². The number of rotatable bonds is 4. The molecule has 4 nitrogen and oxygen atoms in total. The van der Waals surface area contributed by atoms with Crippen LogP contribution in [0.1, 0.15) is 49.0 Å². The van der Waals surface area contributed by atoms with E-state index >= 15 is 0 Å². The van der Waals surface area contributed by atoms with Gasteiger partial charge in [-0.2, -0.15) is 0 Å². The first-order chi connectivity index (χ1) is 11.5. The zero-order valence-corrected chi connectivity index (χ0v) is 15.2. The number of aryl methyl sites for hydroxylation is 1. The lowest BCUT2D eigenvalue weighted by Crippen LogP contribution is -2.46. The first kappa shape index (κ1) is 17.3. The number of carbonyl (C=O) groups is 1. The van der Waals surface area contributed by atoms with Gasteiger partial charge in [0.2, 0.25) is 0 Å². The molecule has 132 valence electrons. The van der Waals surface area contributed by atoms with Gasteiger partial charge in [0.05, 0.1) is 0 Å². The normalized spacial score (nSPS) is 22.7. The van der Waals surface area contributed by atoms with Gasteiger partial charge in [-0.1, -0.05) is 19.9 Å². The van der Waals surface area contributed by atoms with Crippen LogP contribution in [0.2, 0.25) is 0 Å². The van der Waals surface area contributed by atoms with Crippen LogP contribution >= 0.6 is 0 Å². The number of carbonyl (C=O) groups excluding carboxylic acids is 1. The quantitative estimate of drug-likeness (QED) is 0.921. The van der Waals surface area contributed by atoms with Crippen molar-refractivity contribution in [2.45, 2.75) is 46.1 Å². The summed E-state index contributed by atoms with van der Waals surface area (Å²) in [6.07, 6.45) is 3.76. The molecule has 1 aromatic carbocycles. The van der Waals surface area contributed by atoms with Crippen molar-refractivity contribution >= 4 is 5.91 Å². The van der Waals surface area contributed by atoms with Gasteiger partial charge in [0, 0.05) is 37.8 Å². The summed E-state index contributed by atoms with van der Waals surface area (Å²) in [5.74, 6) is 1.65. The van der Waals surface area contributed by atoms with E-state index in [0.717, 1.165) is 37.5 Å². The number of benzene rings is 1. The Morgan fingerprint density at radius 3 is 2.67 bits per heavy atom. The summed E-state index contributed by atoms with van der Waals surface area (Å²) in [5, 5.41) is 9.91. The van der Waals surface area contributed by atoms with E-state index in [1.807, 2.05) is 24.0 Å². The summed E-state index contributed by atoms with van der Waals surface area (Å²) >= 11 is 0. The van der Waals surface area contributed by atoms with E-state index in [1.165, 1.54) is 19.4 Å². The number of nitrogens with zero attached hydrogens (tertiary/aromatic N) is 2. The summed E-state index contributed by atoms with van der Waals surface area (Å²) < 4.78 is 0. The van der Waals surface area contributed by atoms with E-state index in [4.69, 9.17) is 0 Å². The Morgan fingerprint density at radius 2 is 2.04 bits per heavy atom. The van der Waals surface area contributed by atoms with Gasteiger partial charge in [-0.15, -0.1) is 0 Å². The smallest absolute Gasteiger partial charge is 0.254 e. The van der Waals surface area contributed by atoms with Crippen molar-refractivity contribution in [1.82, 2.24) is 9.80 Å². The van der Waals surface area contributed by atoms with E-state index in [-0.39, 0.29) is 11.7 Å². The second-order valence-electron chi connectivity index (χ2n) is 7.86. The third-order valence-electron chi connectivity index (χ3n) is 5.45. The molecule has 1 aliphatic carbocycles. The van der Waals surface area contributed by atoms with E-state index in [2.05, 4.69) is 18.7 Å². The average Bonchev–Trinajstić information content (AvgIpc) is 3.36. The van der Waals surface area contributed by atoms with Crippen molar-refractivity contribution in [3.05, 3.63) is 29.3 Å². The van der Waals surface area contributed by atoms with Crippen molar-refractivity contribution in [3.8, 4) is 5.75 Å². The van der Waals surface area contributed by atoms with Gasteiger partial charge in [-0.3, -0.25) is 9.69 Å². The topological polar surface area (TPSA) is 43.8 Å². The summed E-state index contributed by atoms with van der Waals surface area (Å²) in [5.41, 5.74) is 1.40. The Hall–Kier alpha value is -1.55. The molecule has 1 N–H and O–H groups in total. The molecule has 24 heavy (non-hydrogen) atoms. The highest BCUT2D eigenvalue weighted by molar-refractivity contribution is 5.94. The van der Waals surface area contributed by atoms with Gasteiger partial charge in [0.15, 0.2) is 0 Å². The van der Waals surface area contributed by atoms with Crippen LogP contribution in [0.15, 0.2) is 18.2 Å². The lowest BCUT2D eigenvalue weighted by Gasteiger charge is -2.34. The maximum Gasteiger partial charge on any atom is 0.254 e. The molecule has 1 heterocycles. The number of phenols is 1. The molecular formula is C20H30N2O2. The second-order valence-corrected chi connectivity index (χ2v) is 7.86. The highest BCUT2D eigenvalue weighted by Gasteiger charge is 2.33. The molecule has 0 aromatic heterocycles. The van der Waals surface area contributed by atoms with Crippen LogP contribution in [-0.2, 0) is 0 Å². The van der Waals surface area contributed by atoms with E-state index < -0.39 is 0 Å². The zero-order valence-electron chi connectivity index (χ0n) is 15.2. The molecule has 3 rings (SSSR count). The minimum Gasteiger partial charge on any atom is -0.508 e. The van der Waals surface area contributed by atoms with E-state index in [9.17, 15) is 9.90 Å². The first-order valence-electron chi connectivity index (χ1n) is 9.28. The molecule has 1 atom stereocenters. The van der Waals surface area contributed by atoms with Crippen molar-refractivity contribution in [2.75, 3.05) is 26.2 Å². The molecule has 1 aliphatic heterocycles. The van der Waals surface area contributed by atoms with Crippen LogP contribution in [0.5, 0.6) is 5.75 Å². The van der Waals surface area contributed by atoms with Crippen LogP contribution < -0.4 is 0 Å². The molecule has 1 saturated carbocycles. The number of hydrogen-bond donors (Lipinski definition) is 1. The lowest BCUT2D eigenvalue weighted by atomic mass is 10.0. The standard InChI is InChI=1S/C20H30N2O2/c1-14(2)18-13-22(10-4-9-21(18)12-16-6-7-16)20(24)17-8-5-15(3)19(23)11-17/h5,8,11,14,16,18,23H,4,6-7,9-10,12-13H2,1-3H3/t18-/m0/s1. The molecule has 1 aromatic rings. The highest BCUT2D eigenvalue weighted by Crippen LogP contribution is 2.32. The third-order valence-corrected chi connectivity index (χ3v) is 5.45. The van der Waals surface area contributed by atoms with Crippen LogP contribution in [0.4, 0.5) is 0 Å². The fourth-order valence-electron chi connectivity index (χ4n) is 3.66. The Bertz CT molecular complexity index is 595. The van der Waals surface area contributed by atoms with Crippen LogP contribution in [-0.4, -0.2) is 53.0 Å². The zero-order chi connectivity index (χ0) is 17.3. The van der Waals surface area contributed by atoms with Crippen LogP contribution in [0.25, 0.3) is 0 Å². The first-order valence-corrected chi connectivity index (χ1v) is 9.28. The fraction of sp³-hybridized carbons (Fsp3) is 0.650. The van der Waals surface area contributed by atoms with Gasteiger partial charge in [0.1, 0.15) is 5.75 Å². The van der Waals surface area contributed by atoms with Crippen molar-refractivity contribution in [3.63, 3.8) is 0 Å². The minimum absolute atomic E-state index is 0.0456. The molecule has 2 fully saturated rings. The number of hydrogen-bond acceptors (Lipinski definition) is 3. The largest absolute Gasteiger partial charge is 0.508 e. The van der Waals surface area contributed by atoms with Crippen molar-refractivity contribution < 1.29 is 9.90 Å². The number of phenolic OH excluding ortho intramolecular Hbond substituents is 1. The molecule has 0 unspecified atom stereocenters. The predicted octanol–water partition coefficient (Wildman–Crippen LogP) is 3.28. The molecule has 0 radical (unpaired) electrons. The third kappa shape index (κ3) is 3.92. The van der Waals surface area contributed by atoms with Gasteiger partial charge in [0.25, 0.3) is 5.91 Å². The Morgan fingerprint density at radius 1 is 1.29 bits per heavy atom. The van der Waals surface area contributed by atoms with Crippen molar-refractivity contribution in [2.24, 2.45) is 11.8 Å². The molecular weight excluding hydrogens is 300 g/mol. The monoisotopic (exact) mass is 330 g/mol. The van der Waals surface area contributed by atoms with Crippen LogP contribution in [0.3, 0.4) is 0 Å². The molecule has 1 saturated heterocycles. The van der Waals surface area contributed by atoms with Crippen molar-refractivity contribution in [1.29, 1.82) is 0 Å². The molecule has 4 heteroatoms. The SMILES string of the molecule is Cc1ccc(C(=O)N2CCCN(CC3CC3)[C@H](C(C)C)C2)cc1O. The van der Waals surface area contributed by atoms with E-state index in [1.54, 1.807) is 6.07 Å². The average molecular weight is 330 g/mol. The molecule has 0 spiro atoms. The molecule has 2 aliphatic rings. The van der Waals surface area contributed by atoms with Gasteiger partial charge < -0.3 is 10.0 Å². The maximum absolute atomic E-state index is 12.9. The Balaban J connectivity index is 1.74. The summed E-state index contributed by atoms with van der Waals surface area (Å²) in [7, 11) is 0. The lowest BCUT2D eigenvalue weighted by molar-refractivity contribution is 0.0704. The predicted molar refractivity (Wildman–Crippen MR) is 96.3 cm³/mol. The number of amides is 1. The van der Waals surface area contributed by atoms with Gasteiger partial charge in [-0.25, -0.2) is 0 Å². The van der Waals surface area contributed by atoms with Gasteiger partial charge >= 0.3 is 0 Å². The van der Waals surface area contributed by atoms with Gasteiger partial charge in [-0.05, 0) is 55.7 Å². The highest BCUT2D eigenvalue weighted by atomic mass is 16.3. The summed E-state index contributed by atoms with van der Waals surface area (Å²) in [4.78, 5) is 17.5. The fourth-order valence-corrected chi connectivity index (χ4v) is 3.66. The molecule has 1 amide bonds. The summed E-state index contributed by atoms with van der Waals surface area (Å²) in [6, 6.07) is 5.68. The maximum atomic E-state index is 12.9. The van der Waals surface area contributed by atoms with Crippen LogP contribution in [0, 0.1) is 18.8 Å². The number of aromatic hydroxyl groups is 1. The molecule has 0 bridgehead atoms. The Labute approximate surface area is 145 Å². The summed E-state index contributed by atoms with van der Waals surface area (Å²) in [6.45, 7) is 10.2. The second kappa shape index (κ2) is 7.14. The Kier molecular flexibility index (Phi) is 5.14.